The van der Waals surface area contributed by atoms with Crippen LogP contribution in [0.4, 0.5) is 13.2 Å². The smallest absolute Gasteiger partial charge is 0.475 e. The minimum absolute atomic E-state index is 0.0267. The van der Waals surface area contributed by atoms with E-state index in [1.165, 1.54) is 0 Å². The van der Waals surface area contributed by atoms with Gasteiger partial charge < -0.3 is 14.6 Å². The highest BCUT2D eigenvalue weighted by molar-refractivity contribution is 7.90. The number of carbonyl (C=O) groups is 1. The average Bonchev–Trinajstić information content (AvgIpc) is 3.37. The number of aromatic nitrogens is 1. The van der Waals surface area contributed by atoms with E-state index in [4.69, 9.17) is 19.4 Å². The van der Waals surface area contributed by atoms with E-state index >= 15 is 0 Å². The fourth-order valence-corrected chi connectivity index (χ4v) is 5.41. The number of sulfonamides is 1. The summed E-state index contributed by atoms with van der Waals surface area (Å²) in [5, 5.41) is 6.98. The molecule has 168 valence electrons. The van der Waals surface area contributed by atoms with Gasteiger partial charge in [0.2, 0.25) is 10.0 Å². The zero-order valence-corrected chi connectivity index (χ0v) is 16.9. The molecule has 2 saturated heterocycles. The molecule has 8 nitrogen and oxygen atoms in total. The van der Waals surface area contributed by atoms with Crippen LogP contribution in [0.3, 0.4) is 0 Å². The van der Waals surface area contributed by atoms with E-state index in [0.717, 1.165) is 31.2 Å². The number of pyridine rings is 1. The normalized spacial score (nSPS) is 27.1. The van der Waals surface area contributed by atoms with E-state index in [2.05, 4.69) is 4.98 Å². The summed E-state index contributed by atoms with van der Waals surface area (Å²) in [6.07, 6.45) is 1.64. The van der Waals surface area contributed by atoms with Gasteiger partial charge in [-0.25, -0.2) is 13.2 Å². The predicted octanol–water partition coefficient (Wildman–Crippen LogP) is 1.96. The maximum atomic E-state index is 12.4. The molecule has 1 N–H and O–H groups in total. The van der Waals surface area contributed by atoms with Crippen molar-refractivity contribution >= 4 is 16.0 Å². The van der Waals surface area contributed by atoms with Gasteiger partial charge in [-0.15, -0.1) is 0 Å². The van der Waals surface area contributed by atoms with E-state index in [1.807, 2.05) is 12.1 Å². The first-order valence-electron chi connectivity index (χ1n) is 9.45. The monoisotopic (exact) mass is 452 g/mol. The Morgan fingerprint density at radius 3 is 2.67 bits per heavy atom. The van der Waals surface area contributed by atoms with Crippen molar-refractivity contribution in [3.63, 3.8) is 0 Å². The number of halogens is 3. The van der Waals surface area contributed by atoms with Gasteiger partial charge in [-0.3, -0.25) is 4.98 Å². The predicted molar refractivity (Wildman–Crippen MR) is 97.9 cm³/mol. The van der Waals surface area contributed by atoms with Crippen LogP contribution in [0.2, 0.25) is 0 Å². The maximum Gasteiger partial charge on any atom is 0.490 e. The highest BCUT2D eigenvalue weighted by atomic mass is 32.2. The van der Waals surface area contributed by atoms with Crippen LogP contribution in [0.15, 0.2) is 24.5 Å². The molecule has 1 spiro atoms. The molecule has 30 heavy (non-hydrogen) atoms. The van der Waals surface area contributed by atoms with Gasteiger partial charge in [-0.05, 0) is 30.9 Å². The van der Waals surface area contributed by atoms with Gasteiger partial charge in [0, 0.05) is 31.9 Å². The molecule has 0 aromatic carbocycles. The van der Waals surface area contributed by atoms with Gasteiger partial charge in [0.1, 0.15) is 0 Å². The van der Waals surface area contributed by atoms with Crippen molar-refractivity contribution in [2.45, 2.75) is 55.4 Å². The number of rotatable bonds is 5. The molecule has 3 fully saturated rings. The molecule has 1 aromatic heterocycles. The second-order valence-corrected chi connectivity index (χ2v) is 9.84. The molecular formula is C18H23F3N2O6S. The third kappa shape index (κ3) is 5.68. The fourth-order valence-electron chi connectivity index (χ4n) is 3.49. The van der Waals surface area contributed by atoms with Crippen LogP contribution in [0.25, 0.3) is 0 Å². The van der Waals surface area contributed by atoms with Crippen molar-refractivity contribution in [1.82, 2.24) is 9.29 Å². The van der Waals surface area contributed by atoms with Crippen molar-refractivity contribution in [2.75, 3.05) is 19.7 Å². The summed E-state index contributed by atoms with van der Waals surface area (Å²) < 4.78 is 70.0. The lowest BCUT2D eigenvalue weighted by atomic mass is 9.98. The largest absolute Gasteiger partial charge is 0.490 e. The summed E-state index contributed by atoms with van der Waals surface area (Å²) in [6.45, 7) is 2.12. The van der Waals surface area contributed by atoms with E-state index in [1.54, 1.807) is 16.7 Å². The molecule has 2 atom stereocenters. The van der Waals surface area contributed by atoms with Gasteiger partial charge in [-0.1, -0.05) is 6.07 Å². The van der Waals surface area contributed by atoms with E-state index in [9.17, 15) is 21.6 Å². The number of hydrogen-bond donors (Lipinski definition) is 1. The standard InChI is InChI=1S/C16H22N2O4S.C2HF3O2/c19-23(20,15-3-4-15)18-7-5-16(12-18)8-14(11-22-16)21-10-13-2-1-6-17-9-13;3-2(4,5)1(6)7/h1-2,6,9,14-15H,3-5,7-8,10-12H2;(H,6,7)/t14-,16+;/m1./s1. The van der Waals surface area contributed by atoms with E-state index in [0.29, 0.717) is 26.3 Å². The maximum absolute atomic E-state index is 12.4. The Labute approximate surface area is 172 Å². The molecule has 1 saturated carbocycles. The molecule has 2 aliphatic heterocycles. The first-order valence-corrected chi connectivity index (χ1v) is 11.0. The quantitative estimate of drug-likeness (QED) is 0.728. The lowest BCUT2D eigenvalue weighted by molar-refractivity contribution is -0.192. The summed E-state index contributed by atoms with van der Waals surface area (Å²) in [4.78, 5) is 13.0. The summed E-state index contributed by atoms with van der Waals surface area (Å²) in [7, 11) is -3.10. The van der Waals surface area contributed by atoms with Gasteiger partial charge in [-0.2, -0.15) is 17.5 Å². The van der Waals surface area contributed by atoms with Crippen LogP contribution < -0.4 is 0 Å². The summed E-state index contributed by atoms with van der Waals surface area (Å²) in [5.74, 6) is -2.76. The van der Waals surface area contributed by atoms with Gasteiger partial charge in [0.05, 0.1) is 30.2 Å². The van der Waals surface area contributed by atoms with Crippen LogP contribution in [0, 0.1) is 0 Å². The second-order valence-electron chi connectivity index (χ2n) is 7.62. The number of alkyl halides is 3. The molecule has 1 aliphatic carbocycles. The SMILES string of the molecule is O=C(O)C(F)(F)F.O=S(=O)(C1CC1)N1CC[C@]2(C[C@@H](OCc3cccnc3)CO2)C1. The van der Waals surface area contributed by atoms with E-state index in [-0.39, 0.29) is 17.0 Å². The minimum Gasteiger partial charge on any atom is -0.475 e. The average molecular weight is 452 g/mol. The molecule has 0 amide bonds. The Kier molecular flexibility index (Phi) is 6.70. The number of carboxylic acid groups (broad SMARTS) is 1. The lowest BCUT2D eigenvalue weighted by Gasteiger charge is -2.23. The lowest BCUT2D eigenvalue weighted by Crippen LogP contribution is -2.37. The summed E-state index contributed by atoms with van der Waals surface area (Å²) in [5.41, 5.74) is 0.694. The third-order valence-corrected chi connectivity index (χ3v) is 7.56. The van der Waals surface area contributed by atoms with Crippen molar-refractivity contribution in [1.29, 1.82) is 0 Å². The fraction of sp³-hybridized carbons (Fsp3) is 0.667. The van der Waals surface area contributed by atoms with Crippen LogP contribution in [0.1, 0.15) is 31.2 Å². The Hall–Kier alpha value is -1.76. The van der Waals surface area contributed by atoms with Crippen molar-refractivity contribution in [3.8, 4) is 0 Å². The number of aliphatic carboxylic acids is 1. The van der Waals surface area contributed by atoms with Crippen LogP contribution >= 0.6 is 0 Å². The Morgan fingerprint density at radius 2 is 2.10 bits per heavy atom. The Morgan fingerprint density at radius 1 is 1.40 bits per heavy atom. The highest BCUT2D eigenvalue weighted by Crippen LogP contribution is 2.40. The van der Waals surface area contributed by atoms with Crippen LogP contribution in [-0.4, -0.2) is 71.6 Å². The van der Waals surface area contributed by atoms with Crippen LogP contribution in [-0.2, 0) is 30.9 Å². The van der Waals surface area contributed by atoms with Gasteiger partial charge >= 0.3 is 12.1 Å². The summed E-state index contributed by atoms with van der Waals surface area (Å²) in [6, 6.07) is 3.88. The number of nitrogens with zero attached hydrogens (tertiary/aromatic N) is 2. The number of hydrogen-bond acceptors (Lipinski definition) is 6. The van der Waals surface area contributed by atoms with Crippen molar-refractivity contribution in [2.24, 2.45) is 0 Å². The minimum atomic E-state index is -5.08. The number of ether oxygens (including phenoxy) is 2. The molecule has 3 aliphatic rings. The zero-order valence-electron chi connectivity index (χ0n) is 16.0. The molecule has 12 heteroatoms. The molecule has 0 radical (unpaired) electrons. The number of carboxylic acids is 1. The highest BCUT2D eigenvalue weighted by Gasteiger charge is 2.51. The first-order chi connectivity index (χ1) is 14.0. The van der Waals surface area contributed by atoms with Gasteiger partial charge in [0.15, 0.2) is 0 Å². The third-order valence-electron chi connectivity index (χ3n) is 5.21. The second kappa shape index (κ2) is 8.77. The van der Waals surface area contributed by atoms with Crippen molar-refractivity contribution in [3.05, 3.63) is 30.1 Å². The Bertz CT molecular complexity index is 847. The molecule has 0 bridgehead atoms. The zero-order chi connectivity index (χ0) is 22.0. The summed E-state index contributed by atoms with van der Waals surface area (Å²) >= 11 is 0. The molecule has 3 heterocycles. The van der Waals surface area contributed by atoms with E-state index < -0.39 is 22.2 Å². The molecule has 1 aromatic rings. The Balaban J connectivity index is 0.000000318. The van der Waals surface area contributed by atoms with Crippen LogP contribution in [0.5, 0.6) is 0 Å². The molecule has 4 rings (SSSR count). The topological polar surface area (TPSA) is 106 Å². The molecular weight excluding hydrogens is 429 g/mol. The van der Waals surface area contributed by atoms with Crippen molar-refractivity contribution < 1.29 is 41.0 Å². The first kappa shape index (κ1) is 22.9. The molecule has 0 unspecified atom stereocenters. The van der Waals surface area contributed by atoms with Gasteiger partial charge in [0.25, 0.3) is 0 Å².